The summed E-state index contributed by atoms with van der Waals surface area (Å²) in [5.74, 6) is 1.30. The summed E-state index contributed by atoms with van der Waals surface area (Å²) >= 11 is 0. The minimum Gasteiger partial charge on any atom is -0.0617 e. The Bertz CT molecular complexity index is 634. The van der Waals surface area contributed by atoms with E-state index in [4.69, 9.17) is 0 Å². The first kappa shape index (κ1) is 13.4. The predicted molar refractivity (Wildman–Crippen MR) is 86.6 cm³/mol. The van der Waals surface area contributed by atoms with Crippen molar-refractivity contribution in [2.75, 3.05) is 0 Å². The molecule has 0 saturated carbocycles. The zero-order valence-electron chi connectivity index (χ0n) is 13.0. The molecule has 0 aromatic heterocycles. The van der Waals surface area contributed by atoms with Crippen LogP contribution in [0.2, 0.25) is 0 Å². The third kappa shape index (κ3) is 2.28. The molecule has 1 aliphatic rings. The Hall–Kier alpha value is -1.56. The second kappa shape index (κ2) is 5.09. The molecule has 1 unspecified atom stereocenters. The summed E-state index contributed by atoms with van der Waals surface area (Å²) in [4.78, 5) is 0. The maximum Gasteiger partial charge on any atom is -0.00806 e. The van der Waals surface area contributed by atoms with Crippen molar-refractivity contribution in [3.8, 4) is 0 Å². The highest BCUT2D eigenvalue weighted by molar-refractivity contribution is 5.45. The third-order valence-corrected chi connectivity index (χ3v) is 4.85. The SMILES string of the molecule is Cc1ccc(C2Cc3cccc(C(C)C)c3C2)cc1C. The first-order chi connectivity index (χ1) is 9.56. The molecule has 2 aromatic carbocycles. The molecule has 1 aliphatic carbocycles. The van der Waals surface area contributed by atoms with Crippen LogP contribution in [0.25, 0.3) is 0 Å². The number of fused-ring (bicyclic) bond motifs is 1. The van der Waals surface area contributed by atoms with E-state index in [2.05, 4.69) is 64.1 Å². The van der Waals surface area contributed by atoms with Gasteiger partial charge in [-0.3, -0.25) is 0 Å². The van der Waals surface area contributed by atoms with Crippen LogP contribution in [0.1, 0.15) is 59.1 Å². The average molecular weight is 264 g/mol. The Morgan fingerprint density at radius 1 is 0.950 bits per heavy atom. The van der Waals surface area contributed by atoms with Crippen molar-refractivity contribution >= 4 is 0 Å². The highest BCUT2D eigenvalue weighted by Crippen LogP contribution is 2.38. The van der Waals surface area contributed by atoms with Crippen molar-refractivity contribution in [1.82, 2.24) is 0 Å². The molecule has 20 heavy (non-hydrogen) atoms. The smallest absolute Gasteiger partial charge is 0.00806 e. The Labute approximate surface area is 122 Å². The monoisotopic (exact) mass is 264 g/mol. The molecule has 0 bridgehead atoms. The molecule has 1 atom stereocenters. The van der Waals surface area contributed by atoms with Crippen molar-refractivity contribution in [2.24, 2.45) is 0 Å². The van der Waals surface area contributed by atoms with E-state index in [1.54, 1.807) is 16.7 Å². The molecular weight excluding hydrogens is 240 g/mol. The van der Waals surface area contributed by atoms with Crippen molar-refractivity contribution < 1.29 is 0 Å². The molecule has 0 heteroatoms. The van der Waals surface area contributed by atoms with Gasteiger partial charge in [0.15, 0.2) is 0 Å². The number of hydrogen-bond acceptors (Lipinski definition) is 0. The molecule has 0 N–H and O–H groups in total. The molecule has 0 amide bonds. The summed E-state index contributed by atoms with van der Waals surface area (Å²) in [5.41, 5.74) is 9.06. The van der Waals surface area contributed by atoms with Crippen LogP contribution in [0.3, 0.4) is 0 Å². The molecule has 0 heterocycles. The Morgan fingerprint density at radius 3 is 2.45 bits per heavy atom. The van der Waals surface area contributed by atoms with Gasteiger partial charge in [0.1, 0.15) is 0 Å². The van der Waals surface area contributed by atoms with Gasteiger partial charge in [0.2, 0.25) is 0 Å². The number of benzene rings is 2. The van der Waals surface area contributed by atoms with Crippen LogP contribution < -0.4 is 0 Å². The first-order valence-corrected chi connectivity index (χ1v) is 7.74. The maximum absolute atomic E-state index is 2.39. The molecule has 0 spiro atoms. The quantitative estimate of drug-likeness (QED) is 0.689. The van der Waals surface area contributed by atoms with E-state index in [0.29, 0.717) is 11.8 Å². The molecule has 2 aromatic rings. The van der Waals surface area contributed by atoms with E-state index in [1.807, 2.05) is 0 Å². The zero-order valence-corrected chi connectivity index (χ0v) is 13.0. The second-order valence-electron chi connectivity index (χ2n) is 6.59. The fraction of sp³-hybridized carbons (Fsp3) is 0.400. The predicted octanol–water partition coefficient (Wildman–Crippen LogP) is 5.31. The fourth-order valence-electron chi connectivity index (χ4n) is 3.47. The lowest BCUT2D eigenvalue weighted by atomic mass is 9.92. The molecule has 0 radical (unpaired) electrons. The topological polar surface area (TPSA) is 0 Å². The molecule has 0 saturated heterocycles. The van der Waals surface area contributed by atoms with Gasteiger partial charge in [-0.15, -0.1) is 0 Å². The molecular formula is C20H24. The van der Waals surface area contributed by atoms with Gasteiger partial charge < -0.3 is 0 Å². The van der Waals surface area contributed by atoms with Crippen molar-refractivity contribution in [3.63, 3.8) is 0 Å². The standard InChI is InChI=1S/C20H24/c1-13(2)19-7-5-6-17-11-18(12-20(17)19)16-9-8-14(3)15(4)10-16/h5-10,13,18H,11-12H2,1-4H3. The molecule has 0 nitrogen and oxygen atoms in total. The maximum atomic E-state index is 2.39. The molecule has 0 aliphatic heterocycles. The first-order valence-electron chi connectivity index (χ1n) is 7.74. The lowest BCUT2D eigenvalue weighted by molar-refractivity contribution is 0.733. The van der Waals surface area contributed by atoms with Gasteiger partial charge in [0.25, 0.3) is 0 Å². The highest BCUT2D eigenvalue weighted by atomic mass is 14.3. The van der Waals surface area contributed by atoms with Crippen molar-refractivity contribution in [3.05, 3.63) is 69.8 Å². The second-order valence-corrected chi connectivity index (χ2v) is 6.59. The fourth-order valence-corrected chi connectivity index (χ4v) is 3.47. The van der Waals surface area contributed by atoms with Gasteiger partial charge in [-0.05, 0) is 71.9 Å². The Morgan fingerprint density at radius 2 is 1.75 bits per heavy atom. The summed E-state index contributed by atoms with van der Waals surface area (Å²) in [7, 11) is 0. The summed E-state index contributed by atoms with van der Waals surface area (Å²) in [5, 5.41) is 0. The van der Waals surface area contributed by atoms with Gasteiger partial charge in [0.05, 0.1) is 0 Å². The zero-order chi connectivity index (χ0) is 14.3. The summed E-state index contributed by atoms with van der Waals surface area (Å²) in [6.07, 6.45) is 2.42. The van der Waals surface area contributed by atoms with E-state index in [-0.39, 0.29) is 0 Å². The lowest BCUT2D eigenvalue weighted by Crippen LogP contribution is -2.00. The van der Waals surface area contributed by atoms with Crippen LogP contribution in [0, 0.1) is 13.8 Å². The van der Waals surface area contributed by atoms with Crippen LogP contribution in [0.5, 0.6) is 0 Å². The van der Waals surface area contributed by atoms with Crippen molar-refractivity contribution in [1.29, 1.82) is 0 Å². The van der Waals surface area contributed by atoms with E-state index in [0.717, 1.165) is 0 Å². The van der Waals surface area contributed by atoms with E-state index in [9.17, 15) is 0 Å². The van der Waals surface area contributed by atoms with Crippen LogP contribution in [0.4, 0.5) is 0 Å². The number of rotatable bonds is 2. The van der Waals surface area contributed by atoms with E-state index < -0.39 is 0 Å². The van der Waals surface area contributed by atoms with Gasteiger partial charge in [-0.25, -0.2) is 0 Å². The lowest BCUT2D eigenvalue weighted by Gasteiger charge is -2.13. The number of hydrogen-bond donors (Lipinski definition) is 0. The minimum atomic E-state index is 0.628. The molecule has 3 rings (SSSR count). The third-order valence-electron chi connectivity index (χ3n) is 4.85. The van der Waals surface area contributed by atoms with Crippen LogP contribution in [-0.2, 0) is 12.8 Å². The van der Waals surface area contributed by atoms with Crippen LogP contribution in [0.15, 0.2) is 36.4 Å². The molecule has 104 valence electrons. The van der Waals surface area contributed by atoms with Crippen molar-refractivity contribution in [2.45, 2.75) is 52.4 Å². The van der Waals surface area contributed by atoms with E-state index in [1.165, 1.54) is 29.5 Å². The summed E-state index contributed by atoms with van der Waals surface area (Å²) in [6, 6.07) is 13.9. The summed E-state index contributed by atoms with van der Waals surface area (Å²) in [6.45, 7) is 9.03. The van der Waals surface area contributed by atoms with Gasteiger partial charge >= 0.3 is 0 Å². The molecule has 0 fully saturated rings. The normalized spacial score (nSPS) is 17.6. The largest absolute Gasteiger partial charge is 0.0617 e. The van der Waals surface area contributed by atoms with E-state index >= 15 is 0 Å². The van der Waals surface area contributed by atoms with Crippen LogP contribution >= 0.6 is 0 Å². The van der Waals surface area contributed by atoms with Gasteiger partial charge in [-0.2, -0.15) is 0 Å². The Balaban J connectivity index is 1.94. The van der Waals surface area contributed by atoms with Gasteiger partial charge in [-0.1, -0.05) is 50.2 Å². The minimum absolute atomic E-state index is 0.628. The number of aryl methyl sites for hydroxylation is 2. The van der Waals surface area contributed by atoms with Gasteiger partial charge in [0, 0.05) is 0 Å². The average Bonchev–Trinajstić information content (AvgIpc) is 2.85. The Kier molecular flexibility index (Phi) is 3.41. The van der Waals surface area contributed by atoms with Crippen LogP contribution in [-0.4, -0.2) is 0 Å². The highest BCUT2D eigenvalue weighted by Gasteiger charge is 2.25. The summed E-state index contributed by atoms with van der Waals surface area (Å²) < 4.78 is 0.